The average Bonchev–Trinajstić information content (AvgIpc) is 2.53. The summed E-state index contributed by atoms with van der Waals surface area (Å²) in [5, 5.41) is 8.84. The molecule has 1 aliphatic heterocycles. The molecule has 1 amide bonds. The molecule has 110 valence electrons. The van der Waals surface area contributed by atoms with E-state index in [-0.39, 0.29) is 30.4 Å². The third-order valence-corrected chi connectivity index (χ3v) is 3.97. The Morgan fingerprint density at radius 3 is 2.38 bits per heavy atom. The Kier molecular flexibility index (Phi) is 5.10. The summed E-state index contributed by atoms with van der Waals surface area (Å²) in [6.07, 6.45) is 1.99. The maximum Gasteiger partial charge on any atom is 0.223 e. The van der Waals surface area contributed by atoms with Crippen LogP contribution in [-0.2, 0) is 4.79 Å². The molecule has 0 atom stereocenters. The maximum absolute atomic E-state index is 12.1. The SMILES string of the molecule is Cc1ccc(C(=O)CCC(=O)N2CCC(C#N)CC2)cc1. The fraction of sp³-hybridized carbons (Fsp3) is 0.471. The van der Waals surface area contributed by atoms with Crippen LogP contribution in [0.4, 0.5) is 0 Å². The van der Waals surface area contributed by atoms with E-state index in [9.17, 15) is 9.59 Å². The third kappa shape index (κ3) is 4.16. The van der Waals surface area contributed by atoms with Gasteiger partial charge >= 0.3 is 0 Å². The molecule has 1 fully saturated rings. The molecule has 1 aromatic rings. The van der Waals surface area contributed by atoms with Gasteiger partial charge in [0.2, 0.25) is 5.91 Å². The third-order valence-electron chi connectivity index (χ3n) is 3.97. The van der Waals surface area contributed by atoms with Gasteiger partial charge in [-0.2, -0.15) is 5.26 Å². The summed E-state index contributed by atoms with van der Waals surface area (Å²) in [6, 6.07) is 9.67. The summed E-state index contributed by atoms with van der Waals surface area (Å²) in [4.78, 5) is 25.9. The number of carbonyl (C=O) groups is 2. The summed E-state index contributed by atoms with van der Waals surface area (Å²) in [5.41, 5.74) is 1.78. The van der Waals surface area contributed by atoms with Gasteiger partial charge in [-0.05, 0) is 19.8 Å². The standard InChI is InChI=1S/C17H20N2O2/c1-13-2-4-15(5-3-13)16(20)6-7-17(21)19-10-8-14(12-18)9-11-19/h2-5,14H,6-11H2,1H3. The van der Waals surface area contributed by atoms with Gasteiger partial charge < -0.3 is 4.90 Å². The molecule has 1 saturated heterocycles. The Labute approximate surface area is 125 Å². The number of likely N-dealkylation sites (tertiary alicyclic amines) is 1. The highest BCUT2D eigenvalue weighted by molar-refractivity contribution is 5.97. The van der Waals surface area contributed by atoms with Crippen molar-refractivity contribution >= 4 is 11.7 Å². The van der Waals surface area contributed by atoms with Crippen LogP contribution in [0.2, 0.25) is 0 Å². The highest BCUT2D eigenvalue weighted by atomic mass is 16.2. The van der Waals surface area contributed by atoms with Crippen molar-refractivity contribution < 1.29 is 9.59 Å². The number of benzene rings is 1. The van der Waals surface area contributed by atoms with Gasteiger partial charge in [0.05, 0.1) is 6.07 Å². The van der Waals surface area contributed by atoms with Crippen LogP contribution in [0.1, 0.15) is 41.6 Å². The van der Waals surface area contributed by atoms with Crippen molar-refractivity contribution in [3.8, 4) is 6.07 Å². The van der Waals surface area contributed by atoms with Crippen molar-refractivity contribution in [2.45, 2.75) is 32.6 Å². The first-order valence-corrected chi connectivity index (χ1v) is 7.37. The van der Waals surface area contributed by atoms with Gasteiger partial charge in [0.1, 0.15) is 0 Å². The molecule has 4 nitrogen and oxygen atoms in total. The van der Waals surface area contributed by atoms with Crippen LogP contribution in [0.3, 0.4) is 0 Å². The molecule has 1 aliphatic rings. The fourth-order valence-corrected chi connectivity index (χ4v) is 2.52. The second-order valence-corrected chi connectivity index (χ2v) is 5.57. The molecule has 1 heterocycles. The Balaban J connectivity index is 1.80. The van der Waals surface area contributed by atoms with Crippen molar-refractivity contribution in [3.05, 3.63) is 35.4 Å². The number of ketones is 1. The zero-order valence-electron chi connectivity index (χ0n) is 12.3. The predicted molar refractivity (Wildman–Crippen MR) is 79.7 cm³/mol. The van der Waals surface area contributed by atoms with Gasteiger partial charge in [-0.15, -0.1) is 0 Å². The number of rotatable bonds is 4. The van der Waals surface area contributed by atoms with Crippen LogP contribution >= 0.6 is 0 Å². The molecule has 0 bridgehead atoms. The summed E-state index contributed by atoms with van der Waals surface area (Å²) in [7, 11) is 0. The van der Waals surface area contributed by atoms with Crippen LogP contribution in [-0.4, -0.2) is 29.7 Å². The van der Waals surface area contributed by atoms with Gasteiger partial charge in [-0.25, -0.2) is 0 Å². The number of nitriles is 1. The molecule has 0 aromatic heterocycles. The molecule has 2 rings (SSSR count). The Morgan fingerprint density at radius 2 is 1.81 bits per heavy atom. The van der Waals surface area contributed by atoms with Crippen LogP contribution in [0.15, 0.2) is 24.3 Å². The minimum atomic E-state index is 0.00950. The van der Waals surface area contributed by atoms with Crippen LogP contribution in [0.5, 0.6) is 0 Å². The van der Waals surface area contributed by atoms with Crippen LogP contribution in [0.25, 0.3) is 0 Å². The van der Waals surface area contributed by atoms with Crippen LogP contribution in [0, 0.1) is 24.2 Å². The molecule has 0 spiro atoms. The van der Waals surface area contributed by atoms with Gasteiger partial charge in [-0.1, -0.05) is 29.8 Å². The largest absolute Gasteiger partial charge is 0.343 e. The Morgan fingerprint density at radius 1 is 1.19 bits per heavy atom. The minimum absolute atomic E-state index is 0.00950. The molecule has 0 radical (unpaired) electrons. The molecule has 0 aliphatic carbocycles. The molecule has 4 heteroatoms. The first kappa shape index (κ1) is 15.2. The average molecular weight is 284 g/mol. The summed E-state index contributed by atoms with van der Waals surface area (Å²) in [6.45, 7) is 3.24. The molecule has 1 aromatic carbocycles. The maximum atomic E-state index is 12.1. The van der Waals surface area contributed by atoms with E-state index in [2.05, 4.69) is 6.07 Å². The lowest BCUT2D eigenvalue weighted by molar-refractivity contribution is -0.132. The second-order valence-electron chi connectivity index (χ2n) is 5.57. The fourth-order valence-electron chi connectivity index (χ4n) is 2.52. The van der Waals surface area contributed by atoms with Crippen molar-refractivity contribution in [2.24, 2.45) is 5.92 Å². The van der Waals surface area contributed by atoms with E-state index in [1.54, 1.807) is 17.0 Å². The van der Waals surface area contributed by atoms with Gasteiger partial charge in [0.25, 0.3) is 0 Å². The number of carbonyl (C=O) groups excluding carboxylic acids is 2. The molecule has 0 N–H and O–H groups in total. The van der Waals surface area contributed by atoms with E-state index in [0.717, 1.165) is 18.4 Å². The number of amides is 1. The highest BCUT2D eigenvalue weighted by Gasteiger charge is 2.22. The normalized spacial score (nSPS) is 15.5. The van der Waals surface area contributed by atoms with Crippen molar-refractivity contribution in [2.75, 3.05) is 13.1 Å². The zero-order chi connectivity index (χ0) is 15.2. The van der Waals surface area contributed by atoms with Gasteiger partial charge in [0.15, 0.2) is 5.78 Å². The highest BCUT2D eigenvalue weighted by Crippen LogP contribution is 2.17. The van der Waals surface area contributed by atoms with Crippen LogP contribution < -0.4 is 0 Å². The van der Waals surface area contributed by atoms with E-state index in [1.807, 2.05) is 19.1 Å². The molecule has 0 unspecified atom stereocenters. The number of nitrogens with zero attached hydrogens (tertiary/aromatic N) is 2. The number of aryl methyl sites for hydroxylation is 1. The lowest BCUT2D eigenvalue weighted by Gasteiger charge is -2.29. The second kappa shape index (κ2) is 7.03. The zero-order valence-corrected chi connectivity index (χ0v) is 12.3. The molecular formula is C17H20N2O2. The van der Waals surface area contributed by atoms with Crippen molar-refractivity contribution in [1.82, 2.24) is 4.90 Å². The Hall–Kier alpha value is -2.15. The molecule has 0 saturated carbocycles. The van der Waals surface area contributed by atoms with Crippen molar-refractivity contribution in [3.63, 3.8) is 0 Å². The topological polar surface area (TPSA) is 61.2 Å². The number of hydrogen-bond acceptors (Lipinski definition) is 3. The summed E-state index contributed by atoms with van der Waals surface area (Å²) in [5.74, 6) is 0.102. The summed E-state index contributed by atoms with van der Waals surface area (Å²) >= 11 is 0. The van der Waals surface area contributed by atoms with E-state index < -0.39 is 0 Å². The van der Waals surface area contributed by atoms with Gasteiger partial charge in [0, 0.05) is 37.4 Å². The lowest BCUT2D eigenvalue weighted by Crippen LogP contribution is -2.38. The monoisotopic (exact) mass is 284 g/mol. The Bertz CT molecular complexity index is 549. The predicted octanol–water partition coefficient (Wildman–Crippen LogP) is 2.72. The first-order valence-electron chi connectivity index (χ1n) is 7.37. The lowest BCUT2D eigenvalue weighted by atomic mass is 9.98. The quantitative estimate of drug-likeness (QED) is 0.799. The van der Waals surface area contributed by atoms with Crippen molar-refractivity contribution in [1.29, 1.82) is 5.26 Å². The van der Waals surface area contributed by atoms with E-state index in [0.29, 0.717) is 18.7 Å². The minimum Gasteiger partial charge on any atom is -0.343 e. The molecular weight excluding hydrogens is 264 g/mol. The van der Waals surface area contributed by atoms with E-state index in [1.165, 1.54) is 0 Å². The smallest absolute Gasteiger partial charge is 0.223 e. The first-order chi connectivity index (χ1) is 10.1. The number of hydrogen-bond donors (Lipinski definition) is 0. The van der Waals surface area contributed by atoms with Gasteiger partial charge in [-0.3, -0.25) is 9.59 Å². The van der Waals surface area contributed by atoms with E-state index >= 15 is 0 Å². The molecule has 21 heavy (non-hydrogen) atoms. The number of piperidine rings is 1. The van der Waals surface area contributed by atoms with E-state index in [4.69, 9.17) is 5.26 Å². The number of Topliss-reactive ketones (excluding diaryl/α,β-unsaturated/α-hetero) is 1. The summed E-state index contributed by atoms with van der Waals surface area (Å²) < 4.78 is 0.